The molecule has 2 aromatic rings. The third kappa shape index (κ3) is 1.60. The first-order valence-electron chi connectivity index (χ1n) is 4.51. The van der Waals surface area contributed by atoms with Crippen LogP contribution in [0.15, 0.2) is 23.3 Å². The fraction of sp³-hybridized carbons (Fsp3) is 0.200. The highest BCUT2D eigenvalue weighted by atomic mass is 127. The molecule has 1 N–H and O–H groups in total. The molecular formula is C10H9IN2O2. The van der Waals surface area contributed by atoms with Gasteiger partial charge in [0.15, 0.2) is 5.75 Å². The lowest BCUT2D eigenvalue weighted by Crippen LogP contribution is -2.19. The molecule has 0 bridgehead atoms. The number of hydrogen-bond acceptors (Lipinski definition) is 3. The molecule has 1 aromatic heterocycles. The Bertz CT molecular complexity index is 577. The summed E-state index contributed by atoms with van der Waals surface area (Å²) in [5.41, 5.74) is 0.255. The van der Waals surface area contributed by atoms with Crippen molar-refractivity contribution in [3.63, 3.8) is 0 Å². The zero-order valence-electron chi connectivity index (χ0n) is 8.07. The van der Waals surface area contributed by atoms with E-state index in [1.54, 1.807) is 12.1 Å². The van der Waals surface area contributed by atoms with Crippen LogP contribution in [0.25, 0.3) is 10.9 Å². The Morgan fingerprint density at radius 3 is 2.93 bits per heavy atom. The van der Waals surface area contributed by atoms with Crippen LogP contribution in [0.5, 0.6) is 5.75 Å². The van der Waals surface area contributed by atoms with Crippen molar-refractivity contribution < 1.29 is 5.11 Å². The molecule has 0 aliphatic heterocycles. The average Bonchev–Trinajstić information content (AvgIpc) is 2.24. The summed E-state index contributed by atoms with van der Waals surface area (Å²) < 4.78 is 2.20. The standard InChI is InChI=1S/C10H9IN2O2/c1-2-13-5-12-8-6(10(13)15)3-4-7(11)9(8)14/h3-5,14H,2H2,1H3. The summed E-state index contributed by atoms with van der Waals surface area (Å²) in [6.07, 6.45) is 1.46. The summed E-state index contributed by atoms with van der Waals surface area (Å²) in [4.78, 5) is 15.9. The normalized spacial score (nSPS) is 10.8. The Hall–Kier alpha value is -1.11. The first-order chi connectivity index (χ1) is 7.15. The number of benzene rings is 1. The van der Waals surface area contributed by atoms with E-state index < -0.39 is 0 Å². The van der Waals surface area contributed by atoms with Gasteiger partial charge in [0, 0.05) is 6.54 Å². The number of aromatic hydroxyl groups is 1. The molecule has 0 unspecified atom stereocenters. The molecule has 78 valence electrons. The molecule has 0 amide bonds. The molecule has 0 saturated carbocycles. The highest BCUT2D eigenvalue weighted by Gasteiger charge is 2.09. The Kier molecular flexibility index (Phi) is 2.64. The molecule has 0 saturated heterocycles. The first-order valence-corrected chi connectivity index (χ1v) is 5.59. The van der Waals surface area contributed by atoms with E-state index in [1.165, 1.54) is 10.9 Å². The molecule has 1 heterocycles. The van der Waals surface area contributed by atoms with Crippen molar-refractivity contribution in [2.24, 2.45) is 0 Å². The monoisotopic (exact) mass is 316 g/mol. The molecule has 2 rings (SSSR count). The lowest BCUT2D eigenvalue weighted by atomic mass is 10.2. The lowest BCUT2D eigenvalue weighted by molar-refractivity contribution is 0.476. The second-order valence-electron chi connectivity index (χ2n) is 3.13. The summed E-state index contributed by atoms with van der Waals surface area (Å²) in [6, 6.07) is 3.40. The largest absolute Gasteiger partial charge is 0.505 e. The van der Waals surface area contributed by atoms with Gasteiger partial charge >= 0.3 is 0 Å². The number of hydrogen-bond donors (Lipinski definition) is 1. The fourth-order valence-electron chi connectivity index (χ4n) is 1.42. The minimum Gasteiger partial charge on any atom is -0.505 e. The van der Waals surface area contributed by atoms with Gasteiger partial charge in [-0.1, -0.05) is 0 Å². The van der Waals surface area contributed by atoms with Crippen LogP contribution in [0.4, 0.5) is 0 Å². The number of rotatable bonds is 1. The van der Waals surface area contributed by atoms with Crippen molar-refractivity contribution in [3.05, 3.63) is 32.4 Å². The summed E-state index contributed by atoms with van der Waals surface area (Å²) in [5, 5.41) is 10.2. The van der Waals surface area contributed by atoms with E-state index in [0.717, 1.165) is 0 Å². The van der Waals surface area contributed by atoms with Crippen LogP contribution in [0.2, 0.25) is 0 Å². The van der Waals surface area contributed by atoms with Crippen LogP contribution in [-0.2, 0) is 6.54 Å². The van der Waals surface area contributed by atoms with Crippen LogP contribution < -0.4 is 5.56 Å². The summed E-state index contributed by atoms with van der Waals surface area (Å²) in [6.45, 7) is 2.45. The molecule has 0 fully saturated rings. The van der Waals surface area contributed by atoms with E-state index in [9.17, 15) is 9.90 Å². The maximum Gasteiger partial charge on any atom is 0.261 e. The van der Waals surface area contributed by atoms with Crippen molar-refractivity contribution in [1.82, 2.24) is 9.55 Å². The van der Waals surface area contributed by atoms with Gasteiger partial charge in [0.05, 0.1) is 15.3 Å². The zero-order chi connectivity index (χ0) is 11.0. The smallest absolute Gasteiger partial charge is 0.261 e. The quantitative estimate of drug-likeness (QED) is 0.815. The molecular weight excluding hydrogens is 307 g/mol. The predicted octanol–water partition coefficient (Wildman–Crippen LogP) is 1.73. The second-order valence-corrected chi connectivity index (χ2v) is 4.29. The third-order valence-electron chi connectivity index (χ3n) is 2.26. The summed E-state index contributed by atoms with van der Waals surface area (Å²) >= 11 is 2.00. The van der Waals surface area contributed by atoms with Crippen LogP contribution in [0.1, 0.15) is 6.92 Å². The molecule has 4 nitrogen and oxygen atoms in total. The minimum absolute atomic E-state index is 0.0773. The van der Waals surface area contributed by atoms with Crippen LogP contribution in [-0.4, -0.2) is 14.7 Å². The second kappa shape index (κ2) is 3.80. The van der Waals surface area contributed by atoms with E-state index in [0.29, 0.717) is 21.0 Å². The van der Waals surface area contributed by atoms with E-state index >= 15 is 0 Å². The van der Waals surface area contributed by atoms with Crippen molar-refractivity contribution in [2.45, 2.75) is 13.5 Å². The molecule has 0 spiro atoms. The number of phenolic OH excluding ortho intramolecular Hbond substituents is 1. The number of fused-ring (bicyclic) bond motifs is 1. The van der Waals surface area contributed by atoms with Gasteiger partial charge < -0.3 is 5.11 Å². The lowest BCUT2D eigenvalue weighted by Gasteiger charge is -2.05. The van der Waals surface area contributed by atoms with Gasteiger partial charge in [0.25, 0.3) is 5.56 Å². The molecule has 0 aliphatic rings. The first kappa shape index (κ1) is 10.4. The van der Waals surface area contributed by atoms with Gasteiger partial charge in [0.1, 0.15) is 5.52 Å². The van der Waals surface area contributed by atoms with Gasteiger partial charge in [-0.2, -0.15) is 0 Å². The molecule has 1 aromatic carbocycles. The number of phenols is 1. The van der Waals surface area contributed by atoms with Gasteiger partial charge in [-0.25, -0.2) is 4.98 Å². The van der Waals surface area contributed by atoms with Crippen LogP contribution >= 0.6 is 22.6 Å². The summed E-state index contributed by atoms with van der Waals surface area (Å²) in [7, 11) is 0. The molecule has 0 atom stereocenters. The Morgan fingerprint density at radius 1 is 1.53 bits per heavy atom. The molecule has 0 radical (unpaired) electrons. The highest BCUT2D eigenvalue weighted by Crippen LogP contribution is 2.25. The van der Waals surface area contributed by atoms with E-state index in [2.05, 4.69) is 4.98 Å². The van der Waals surface area contributed by atoms with Gasteiger partial charge in [-0.05, 0) is 41.6 Å². The number of halogens is 1. The van der Waals surface area contributed by atoms with E-state index in [4.69, 9.17) is 0 Å². The third-order valence-corrected chi connectivity index (χ3v) is 3.13. The Labute approximate surface area is 99.7 Å². The predicted molar refractivity (Wildman–Crippen MR) is 66.1 cm³/mol. The maximum atomic E-state index is 11.8. The fourth-order valence-corrected chi connectivity index (χ4v) is 1.85. The average molecular weight is 316 g/mol. The number of aromatic nitrogens is 2. The Balaban J connectivity index is 2.92. The minimum atomic E-state index is -0.116. The van der Waals surface area contributed by atoms with Gasteiger partial charge in [0.2, 0.25) is 0 Å². The van der Waals surface area contributed by atoms with Crippen LogP contribution in [0, 0.1) is 3.57 Å². The van der Waals surface area contributed by atoms with Gasteiger partial charge in [-0.15, -0.1) is 0 Å². The molecule has 0 aliphatic carbocycles. The topological polar surface area (TPSA) is 55.1 Å². The van der Waals surface area contributed by atoms with Crippen molar-refractivity contribution in [2.75, 3.05) is 0 Å². The van der Waals surface area contributed by atoms with E-state index in [1.807, 2.05) is 29.5 Å². The molecule has 5 heteroatoms. The maximum absolute atomic E-state index is 11.8. The van der Waals surface area contributed by atoms with Crippen molar-refractivity contribution in [1.29, 1.82) is 0 Å². The summed E-state index contributed by atoms with van der Waals surface area (Å²) in [5.74, 6) is 0.0773. The van der Waals surface area contributed by atoms with E-state index in [-0.39, 0.29) is 11.3 Å². The highest BCUT2D eigenvalue weighted by molar-refractivity contribution is 14.1. The SMILES string of the molecule is CCn1cnc2c(O)c(I)ccc2c1=O. The zero-order valence-corrected chi connectivity index (χ0v) is 10.2. The molecule has 15 heavy (non-hydrogen) atoms. The number of aryl methyl sites for hydroxylation is 1. The Morgan fingerprint density at radius 2 is 2.27 bits per heavy atom. The van der Waals surface area contributed by atoms with Gasteiger partial charge in [-0.3, -0.25) is 9.36 Å². The number of nitrogens with zero attached hydrogens (tertiary/aromatic N) is 2. The van der Waals surface area contributed by atoms with Crippen LogP contribution in [0.3, 0.4) is 0 Å². The van der Waals surface area contributed by atoms with Crippen molar-refractivity contribution >= 4 is 33.5 Å². The van der Waals surface area contributed by atoms with Crippen molar-refractivity contribution in [3.8, 4) is 5.75 Å².